The van der Waals surface area contributed by atoms with Crippen molar-refractivity contribution in [2.24, 2.45) is 0 Å². The molecule has 2 aliphatic heterocycles. The van der Waals surface area contributed by atoms with E-state index in [9.17, 15) is 14.9 Å². The highest BCUT2D eigenvalue weighted by atomic mass is 16.6. The summed E-state index contributed by atoms with van der Waals surface area (Å²) in [5.74, 6) is 0.386. The van der Waals surface area contributed by atoms with Gasteiger partial charge in [0, 0.05) is 19.2 Å². The summed E-state index contributed by atoms with van der Waals surface area (Å²) in [7, 11) is 0. The van der Waals surface area contributed by atoms with Crippen LogP contribution in [0.25, 0.3) is 0 Å². The van der Waals surface area contributed by atoms with Crippen molar-refractivity contribution in [2.45, 2.75) is 25.7 Å². The standard InChI is InChI=1S/C15H18N2O5/c18-15(16-5-3-1-2-4-6-16)12-9-11(17(19)20)10-13-14(12)22-8-7-21-13/h9-10H,1-8H2. The molecule has 0 saturated carbocycles. The second-order valence-electron chi connectivity index (χ2n) is 5.48. The Morgan fingerprint density at radius 3 is 2.45 bits per heavy atom. The zero-order chi connectivity index (χ0) is 15.5. The average Bonchev–Trinajstić information content (AvgIpc) is 2.82. The van der Waals surface area contributed by atoms with E-state index in [0.29, 0.717) is 32.1 Å². The molecule has 7 heteroatoms. The summed E-state index contributed by atoms with van der Waals surface area (Å²) in [6, 6.07) is 2.61. The van der Waals surface area contributed by atoms with E-state index in [1.165, 1.54) is 12.1 Å². The van der Waals surface area contributed by atoms with E-state index in [1.807, 2.05) is 0 Å². The smallest absolute Gasteiger partial charge is 0.274 e. The van der Waals surface area contributed by atoms with Crippen LogP contribution in [0, 0.1) is 10.1 Å². The van der Waals surface area contributed by atoms with Crippen molar-refractivity contribution in [1.82, 2.24) is 4.90 Å². The number of carbonyl (C=O) groups excluding carboxylic acids is 1. The van der Waals surface area contributed by atoms with E-state index in [2.05, 4.69) is 0 Å². The molecule has 1 saturated heterocycles. The summed E-state index contributed by atoms with van der Waals surface area (Å²) in [4.78, 5) is 25.1. The maximum absolute atomic E-state index is 12.8. The van der Waals surface area contributed by atoms with Gasteiger partial charge in [0.1, 0.15) is 13.2 Å². The molecule has 0 aromatic heterocycles. The number of carbonyl (C=O) groups is 1. The van der Waals surface area contributed by atoms with Crippen molar-refractivity contribution in [2.75, 3.05) is 26.3 Å². The van der Waals surface area contributed by atoms with Crippen LogP contribution in [0.1, 0.15) is 36.0 Å². The Kier molecular flexibility index (Phi) is 4.13. The first kappa shape index (κ1) is 14.6. The number of fused-ring (bicyclic) bond motifs is 1. The average molecular weight is 306 g/mol. The highest BCUT2D eigenvalue weighted by Crippen LogP contribution is 2.38. The topological polar surface area (TPSA) is 81.9 Å². The molecule has 0 bridgehead atoms. The molecule has 2 heterocycles. The van der Waals surface area contributed by atoms with Gasteiger partial charge in [0.2, 0.25) is 0 Å². The van der Waals surface area contributed by atoms with Gasteiger partial charge in [-0.15, -0.1) is 0 Å². The fraction of sp³-hybridized carbons (Fsp3) is 0.533. The minimum atomic E-state index is -0.516. The maximum atomic E-state index is 12.8. The summed E-state index contributed by atoms with van der Waals surface area (Å²) >= 11 is 0. The summed E-state index contributed by atoms with van der Waals surface area (Å²) < 4.78 is 11.0. The SMILES string of the molecule is O=C(c1cc([N+](=O)[O-])cc2c1OCCO2)N1CCCCCC1. The molecule has 1 aromatic rings. The number of hydrogen-bond acceptors (Lipinski definition) is 5. The molecule has 1 aromatic carbocycles. The normalized spacial score (nSPS) is 17.7. The minimum absolute atomic E-state index is 0.151. The zero-order valence-electron chi connectivity index (χ0n) is 12.2. The lowest BCUT2D eigenvalue weighted by Gasteiger charge is -2.24. The Labute approximate surface area is 128 Å². The molecular weight excluding hydrogens is 288 g/mol. The van der Waals surface area contributed by atoms with Gasteiger partial charge in [0.05, 0.1) is 16.6 Å². The number of rotatable bonds is 2. The Morgan fingerprint density at radius 2 is 1.77 bits per heavy atom. The van der Waals surface area contributed by atoms with E-state index in [4.69, 9.17) is 9.47 Å². The molecule has 118 valence electrons. The summed E-state index contributed by atoms with van der Waals surface area (Å²) in [5, 5.41) is 11.1. The molecule has 1 fully saturated rings. The van der Waals surface area contributed by atoms with Gasteiger partial charge in [-0.05, 0) is 12.8 Å². The van der Waals surface area contributed by atoms with Gasteiger partial charge in [-0.1, -0.05) is 12.8 Å². The van der Waals surface area contributed by atoms with Crippen molar-refractivity contribution in [1.29, 1.82) is 0 Å². The molecule has 0 unspecified atom stereocenters. The number of likely N-dealkylation sites (tertiary alicyclic amines) is 1. The van der Waals surface area contributed by atoms with Crippen LogP contribution in [0.15, 0.2) is 12.1 Å². The summed E-state index contributed by atoms with van der Waals surface area (Å²) in [6.07, 6.45) is 4.13. The van der Waals surface area contributed by atoms with Crippen molar-refractivity contribution in [3.63, 3.8) is 0 Å². The molecule has 0 atom stereocenters. The van der Waals surface area contributed by atoms with Crippen molar-refractivity contribution >= 4 is 11.6 Å². The van der Waals surface area contributed by atoms with Crippen LogP contribution < -0.4 is 9.47 Å². The monoisotopic (exact) mass is 306 g/mol. The van der Waals surface area contributed by atoms with Crippen LogP contribution in [-0.4, -0.2) is 42.0 Å². The number of non-ortho nitro benzene ring substituents is 1. The van der Waals surface area contributed by atoms with Crippen LogP contribution in [0.3, 0.4) is 0 Å². The van der Waals surface area contributed by atoms with Crippen LogP contribution in [0.5, 0.6) is 11.5 Å². The molecule has 1 amide bonds. The van der Waals surface area contributed by atoms with Crippen LogP contribution in [-0.2, 0) is 0 Å². The lowest BCUT2D eigenvalue weighted by Crippen LogP contribution is -2.32. The molecule has 0 spiro atoms. The first-order valence-corrected chi connectivity index (χ1v) is 7.54. The Hall–Kier alpha value is -2.31. The third-order valence-corrected chi connectivity index (χ3v) is 3.96. The van der Waals surface area contributed by atoms with Gasteiger partial charge in [-0.2, -0.15) is 0 Å². The Balaban J connectivity index is 1.98. The number of nitrogens with zero attached hydrogens (tertiary/aromatic N) is 2. The minimum Gasteiger partial charge on any atom is -0.486 e. The van der Waals surface area contributed by atoms with Crippen molar-refractivity contribution in [3.05, 3.63) is 27.8 Å². The molecule has 2 aliphatic rings. The molecule has 7 nitrogen and oxygen atoms in total. The highest BCUT2D eigenvalue weighted by Gasteiger charge is 2.28. The lowest BCUT2D eigenvalue weighted by molar-refractivity contribution is -0.385. The number of nitro groups is 1. The second kappa shape index (κ2) is 6.21. The molecule has 0 aliphatic carbocycles. The van der Waals surface area contributed by atoms with Gasteiger partial charge in [-0.25, -0.2) is 0 Å². The largest absolute Gasteiger partial charge is 0.486 e. The van der Waals surface area contributed by atoms with Gasteiger partial charge in [0.25, 0.3) is 11.6 Å². The molecule has 0 radical (unpaired) electrons. The third-order valence-electron chi connectivity index (χ3n) is 3.96. The Bertz CT molecular complexity index is 594. The number of hydrogen-bond donors (Lipinski definition) is 0. The predicted octanol–water partition coefficient (Wildman–Crippen LogP) is 2.38. The first-order valence-electron chi connectivity index (χ1n) is 7.54. The zero-order valence-corrected chi connectivity index (χ0v) is 12.2. The van der Waals surface area contributed by atoms with Crippen LogP contribution in [0.4, 0.5) is 5.69 Å². The fourth-order valence-electron chi connectivity index (χ4n) is 2.85. The van der Waals surface area contributed by atoms with E-state index in [0.717, 1.165) is 25.7 Å². The quantitative estimate of drug-likeness (QED) is 0.619. The number of benzene rings is 1. The first-order chi connectivity index (χ1) is 10.7. The molecule has 3 rings (SSSR count). The second-order valence-corrected chi connectivity index (χ2v) is 5.48. The third kappa shape index (κ3) is 2.84. The van der Waals surface area contributed by atoms with E-state index in [1.54, 1.807) is 4.90 Å². The van der Waals surface area contributed by atoms with Gasteiger partial charge >= 0.3 is 0 Å². The molecule has 22 heavy (non-hydrogen) atoms. The number of nitro benzene ring substituents is 1. The van der Waals surface area contributed by atoms with Gasteiger partial charge in [0.15, 0.2) is 11.5 Å². The molecule has 0 N–H and O–H groups in total. The van der Waals surface area contributed by atoms with Crippen LogP contribution in [0.2, 0.25) is 0 Å². The highest BCUT2D eigenvalue weighted by molar-refractivity contribution is 5.98. The number of ether oxygens (including phenoxy) is 2. The predicted molar refractivity (Wildman–Crippen MR) is 78.5 cm³/mol. The summed E-state index contributed by atoms with van der Waals surface area (Å²) in [5.41, 5.74) is 0.0771. The van der Waals surface area contributed by atoms with Gasteiger partial charge in [-0.3, -0.25) is 14.9 Å². The van der Waals surface area contributed by atoms with Crippen molar-refractivity contribution < 1.29 is 19.2 Å². The Morgan fingerprint density at radius 1 is 1.09 bits per heavy atom. The van der Waals surface area contributed by atoms with Crippen LogP contribution >= 0.6 is 0 Å². The van der Waals surface area contributed by atoms with E-state index in [-0.39, 0.29) is 22.9 Å². The van der Waals surface area contributed by atoms with E-state index < -0.39 is 4.92 Å². The lowest BCUT2D eigenvalue weighted by atomic mass is 10.1. The fourth-order valence-corrected chi connectivity index (χ4v) is 2.85. The summed E-state index contributed by atoms with van der Waals surface area (Å²) in [6.45, 7) is 2.02. The maximum Gasteiger partial charge on any atom is 0.274 e. The molecular formula is C15H18N2O5. The number of amides is 1. The van der Waals surface area contributed by atoms with E-state index >= 15 is 0 Å². The van der Waals surface area contributed by atoms with Crippen molar-refractivity contribution in [3.8, 4) is 11.5 Å². The van der Waals surface area contributed by atoms with Gasteiger partial charge < -0.3 is 14.4 Å².